The maximum atomic E-state index is 11.2. The molecule has 0 fully saturated rings. The van der Waals surface area contributed by atoms with Crippen molar-refractivity contribution in [1.29, 1.82) is 0 Å². The van der Waals surface area contributed by atoms with Gasteiger partial charge in [-0.25, -0.2) is 8.42 Å². The summed E-state index contributed by atoms with van der Waals surface area (Å²) in [7, 11) is -3.71. The molecule has 0 aliphatic rings. The van der Waals surface area contributed by atoms with Gasteiger partial charge in [0.25, 0.3) is 5.69 Å². The number of nitrogens with two attached hydrogens (primary N) is 1. The molecule has 1 rings (SSSR count). The van der Waals surface area contributed by atoms with Crippen LogP contribution in [0.4, 0.5) is 5.69 Å². The average Bonchev–Trinajstić information content (AvgIpc) is 2.15. The third-order valence-electron chi connectivity index (χ3n) is 1.84. The Morgan fingerprint density at radius 2 is 2.00 bits per heavy atom. The molecule has 0 aliphatic heterocycles. The highest BCUT2D eigenvalue weighted by Crippen LogP contribution is 2.24. The first-order valence-corrected chi connectivity index (χ1v) is 5.91. The highest BCUT2D eigenvalue weighted by molar-refractivity contribution is 7.90. The summed E-state index contributed by atoms with van der Waals surface area (Å²) in [5.74, 6) is -0.858. The lowest BCUT2D eigenvalue weighted by molar-refractivity contribution is -0.387. The fraction of sp³-hybridized carbons (Fsp3) is 0.125. The fourth-order valence-corrected chi connectivity index (χ4v) is 1.96. The lowest BCUT2D eigenvalue weighted by Gasteiger charge is -2.01. The van der Waals surface area contributed by atoms with Crippen LogP contribution in [0.5, 0.6) is 0 Å². The third kappa shape index (κ3) is 2.34. The molecule has 0 aliphatic carbocycles. The molecule has 16 heavy (non-hydrogen) atoms. The predicted molar refractivity (Wildman–Crippen MR) is 54.7 cm³/mol. The van der Waals surface area contributed by atoms with Crippen LogP contribution in [0.2, 0.25) is 0 Å². The summed E-state index contributed by atoms with van der Waals surface area (Å²) in [5.41, 5.74) is 4.17. The zero-order valence-corrected chi connectivity index (χ0v) is 9.02. The Morgan fingerprint density at radius 3 is 2.38 bits per heavy atom. The number of carbonyl (C=O) groups excluding carboxylic acids is 1. The minimum Gasteiger partial charge on any atom is -0.366 e. The number of hydrogen-bond acceptors (Lipinski definition) is 5. The third-order valence-corrected chi connectivity index (χ3v) is 2.98. The molecule has 0 radical (unpaired) electrons. The van der Waals surface area contributed by atoms with E-state index in [9.17, 15) is 23.3 Å². The number of amides is 1. The van der Waals surface area contributed by atoms with E-state index in [0.717, 1.165) is 24.5 Å². The van der Waals surface area contributed by atoms with Crippen molar-refractivity contribution in [2.24, 2.45) is 5.73 Å². The van der Waals surface area contributed by atoms with E-state index in [1.165, 1.54) is 0 Å². The molecule has 1 amide bonds. The molecule has 0 aromatic heterocycles. The van der Waals surface area contributed by atoms with Gasteiger partial charge in [-0.1, -0.05) is 0 Å². The van der Waals surface area contributed by atoms with Crippen LogP contribution in [0, 0.1) is 10.1 Å². The summed E-state index contributed by atoms with van der Waals surface area (Å²) in [5, 5.41) is 10.6. The van der Waals surface area contributed by atoms with Crippen LogP contribution < -0.4 is 5.73 Å². The summed E-state index contributed by atoms with van der Waals surface area (Å²) in [6.45, 7) is 0. The van der Waals surface area contributed by atoms with Gasteiger partial charge in [-0.15, -0.1) is 0 Å². The van der Waals surface area contributed by atoms with Crippen molar-refractivity contribution in [3.05, 3.63) is 33.9 Å². The predicted octanol–water partition coefficient (Wildman–Crippen LogP) is 0.0972. The minimum atomic E-state index is -3.71. The van der Waals surface area contributed by atoms with E-state index < -0.39 is 31.3 Å². The lowest BCUT2D eigenvalue weighted by atomic mass is 10.2. The largest absolute Gasteiger partial charge is 0.366 e. The Labute approximate surface area is 90.9 Å². The molecule has 0 unspecified atom stereocenters. The molecule has 0 saturated carbocycles. The second kappa shape index (κ2) is 3.89. The standard InChI is InChI=1S/C8H8N2O5S/c1-16(14,15)7-3-2-5(8(9)11)4-6(7)10(12)13/h2-4H,1H3,(H2,9,11). The van der Waals surface area contributed by atoms with Gasteiger partial charge in [-0.2, -0.15) is 0 Å². The van der Waals surface area contributed by atoms with Gasteiger partial charge in [0.05, 0.1) is 4.92 Å². The number of benzene rings is 1. The van der Waals surface area contributed by atoms with E-state index in [-0.39, 0.29) is 5.56 Å². The molecule has 86 valence electrons. The molecular formula is C8H8N2O5S. The SMILES string of the molecule is CS(=O)(=O)c1ccc(C(N)=O)cc1[N+](=O)[O-]. The van der Waals surface area contributed by atoms with E-state index in [1.54, 1.807) is 0 Å². The van der Waals surface area contributed by atoms with Crippen molar-refractivity contribution in [1.82, 2.24) is 0 Å². The van der Waals surface area contributed by atoms with Crippen LogP contribution in [0.3, 0.4) is 0 Å². The number of carbonyl (C=O) groups is 1. The van der Waals surface area contributed by atoms with Crippen LogP contribution in [-0.2, 0) is 9.84 Å². The smallest absolute Gasteiger partial charge is 0.288 e. The number of rotatable bonds is 3. The topological polar surface area (TPSA) is 120 Å². The van der Waals surface area contributed by atoms with Gasteiger partial charge in [0.15, 0.2) is 9.84 Å². The maximum Gasteiger partial charge on any atom is 0.288 e. The molecule has 7 nitrogen and oxygen atoms in total. The second-order valence-corrected chi connectivity index (χ2v) is 5.06. The van der Waals surface area contributed by atoms with Gasteiger partial charge in [-0.3, -0.25) is 14.9 Å². The zero-order chi connectivity index (χ0) is 12.5. The number of nitrogens with zero attached hydrogens (tertiary/aromatic N) is 1. The second-order valence-electron chi connectivity index (χ2n) is 3.08. The van der Waals surface area contributed by atoms with Crippen LogP contribution in [0.1, 0.15) is 10.4 Å². The molecule has 0 saturated heterocycles. The normalized spacial score (nSPS) is 11.1. The van der Waals surface area contributed by atoms with Gasteiger partial charge in [0, 0.05) is 17.9 Å². The van der Waals surface area contributed by atoms with Crippen molar-refractivity contribution >= 4 is 21.4 Å². The van der Waals surface area contributed by atoms with Gasteiger partial charge in [0.2, 0.25) is 5.91 Å². The summed E-state index contributed by atoms with van der Waals surface area (Å²) >= 11 is 0. The van der Waals surface area contributed by atoms with Gasteiger partial charge < -0.3 is 5.73 Å². The van der Waals surface area contributed by atoms with E-state index in [2.05, 4.69) is 0 Å². The Balaban J connectivity index is 3.55. The number of nitro groups is 1. The molecular weight excluding hydrogens is 236 g/mol. The van der Waals surface area contributed by atoms with E-state index in [4.69, 9.17) is 5.73 Å². The molecule has 2 N–H and O–H groups in total. The van der Waals surface area contributed by atoms with Gasteiger partial charge in [0.1, 0.15) is 4.90 Å². The maximum absolute atomic E-state index is 11.2. The van der Waals surface area contributed by atoms with Crippen LogP contribution in [0.15, 0.2) is 23.1 Å². The van der Waals surface area contributed by atoms with Crippen LogP contribution in [0.25, 0.3) is 0 Å². The summed E-state index contributed by atoms with van der Waals surface area (Å²) in [6, 6.07) is 2.97. The summed E-state index contributed by atoms with van der Waals surface area (Å²) in [6.07, 6.45) is 0.847. The first kappa shape index (κ1) is 12.1. The number of sulfone groups is 1. The Kier molecular flexibility index (Phi) is 2.95. The lowest BCUT2D eigenvalue weighted by Crippen LogP contribution is -2.12. The minimum absolute atomic E-state index is 0.112. The van der Waals surface area contributed by atoms with E-state index >= 15 is 0 Å². The van der Waals surface area contributed by atoms with E-state index in [0.29, 0.717) is 0 Å². The Morgan fingerprint density at radius 1 is 1.44 bits per heavy atom. The number of nitro benzene ring substituents is 1. The molecule has 0 bridgehead atoms. The average molecular weight is 244 g/mol. The summed E-state index contributed by atoms with van der Waals surface area (Å²) in [4.78, 5) is 20.1. The highest BCUT2D eigenvalue weighted by atomic mass is 32.2. The highest BCUT2D eigenvalue weighted by Gasteiger charge is 2.23. The molecule has 0 atom stereocenters. The Hall–Kier alpha value is -1.96. The molecule has 0 spiro atoms. The van der Waals surface area contributed by atoms with Gasteiger partial charge >= 0.3 is 0 Å². The van der Waals surface area contributed by atoms with Crippen molar-refractivity contribution in [3.8, 4) is 0 Å². The van der Waals surface area contributed by atoms with Crippen molar-refractivity contribution < 1.29 is 18.1 Å². The quantitative estimate of drug-likeness (QED) is 0.597. The van der Waals surface area contributed by atoms with Gasteiger partial charge in [-0.05, 0) is 12.1 Å². The van der Waals surface area contributed by atoms with Crippen LogP contribution >= 0.6 is 0 Å². The fourth-order valence-electron chi connectivity index (χ4n) is 1.13. The Bertz CT molecular complexity index is 564. The molecule has 8 heteroatoms. The number of primary amides is 1. The molecule has 0 heterocycles. The van der Waals surface area contributed by atoms with E-state index in [1.807, 2.05) is 0 Å². The van der Waals surface area contributed by atoms with Crippen LogP contribution in [-0.4, -0.2) is 25.5 Å². The first-order chi connectivity index (χ1) is 7.23. The monoisotopic (exact) mass is 244 g/mol. The summed E-state index contributed by atoms with van der Waals surface area (Å²) < 4.78 is 22.4. The zero-order valence-electron chi connectivity index (χ0n) is 8.21. The first-order valence-electron chi connectivity index (χ1n) is 4.02. The molecule has 1 aromatic rings. The van der Waals surface area contributed by atoms with Crippen molar-refractivity contribution in [3.63, 3.8) is 0 Å². The molecule has 1 aromatic carbocycles. The van der Waals surface area contributed by atoms with Crippen molar-refractivity contribution in [2.45, 2.75) is 4.90 Å². The van der Waals surface area contributed by atoms with Crippen molar-refractivity contribution in [2.75, 3.05) is 6.26 Å². The number of hydrogen-bond donors (Lipinski definition) is 1.